The summed E-state index contributed by atoms with van der Waals surface area (Å²) in [6, 6.07) is 3.27. The summed E-state index contributed by atoms with van der Waals surface area (Å²) in [5, 5.41) is 8.83. The summed E-state index contributed by atoms with van der Waals surface area (Å²) in [5.41, 5.74) is -0.158. The number of carbonyl (C=O) groups is 2. The molecule has 5 heteroatoms. The van der Waals surface area contributed by atoms with E-state index in [1.165, 1.54) is 11.1 Å². The Balaban J connectivity index is 3.00. The van der Waals surface area contributed by atoms with Gasteiger partial charge in [0.05, 0.1) is 5.56 Å². The third-order valence-electron chi connectivity index (χ3n) is 2.26. The Morgan fingerprint density at radius 2 is 2.06 bits per heavy atom. The molecule has 1 aromatic rings. The van der Waals surface area contributed by atoms with Crippen LogP contribution in [0.2, 0.25) is 0 Å². The van der Waals surface area contributed by atoms with Crippen molar-refractivity contribution in [3.05, 3.63) is 30.1 Å². The van der Waals surface area contributed by atoms with E-state index >= 15 is 0 Å². The summed E-state index contributed by atoms with van der Waals surface area (Å²) in [5.74, 6) is -1.36. The summed E-state index contributed by atoms with van der Waals surface area (Å²) in [6.07, 6.45) is 3.00. The quantitative estimate of drug-likeness (QED) is 0.861. The van der Waals surface area contributed by atoms with Crippen LogP contribution in [0.15, 0.2) is 24.5 Å². The molecule has 5 nitrogen and oxygen atoms in total. The second kappa shape index (κ2) is 4.95. The minimum atomic E-state index is -1.03. The Morgan fingerprint density at radius 1 is 1.41 bits per heavy atom. The standard InChI is InChI=1S/C12H16N2O3/c1-12(2,3)14(8-10(15)16)11(17)9-5-4-6-13-7-9/h4-7H,8H2,1-3H3,(H,15,16). The highest BCUT2D eigenvalue weighted by Crippen LogP contribution is 2.16. The number of carbonyl (C=O) groups excluding carboxylic acids is 1. The minimum Gasteiger partial charge on any atom is -0.480 e. The van der Waals surface area contributed by atoms with Crippen molar-refractivity contribution in [2.45, 2.75) is 26.3 Å². The van der Waals surface area contributed by atoms with E-state index in [2.05, 4.69) is 4.98 Å². The average molecular weight is 236 g/mol. The van der Waals surface area contributed by atoms with Crippen molar-refractivity contribution >= 4 is 11.9 Å². The topological polar surface area (TPSA) is 70.5 Å². The number of carboxylic acids is 1. The summed E-state index contributed by atoms with van der Waals surface area (Å²) < 4.78 is 0. The van der Waals surface area contributed by atoms with E-state index in [1.807, 2.05) is 0 Å². The molecule has 0 bridgehead atoms. The van der Waals surface area contributed by atoms with Crippen LogP contribution in [-0.2, 0) is 4.79 Å². The van der Waals surface area contributed by atoms with Gasteiger partial charge in [0, 0.05) is 17.9 Å². The third-order valence-corrected chi connectivity index (χ3v) is 2.26. The lowest BCUT2D eigenvalue weighted by atomic mass is 10.0. The Bertz CT molecular complexity index is 410. The number of hydrogen-bond acceptors (Lipinski definition) is 3. The molecular weight excluding hydrogens is 220 g/mol. The number of carboxylic acid groups (broad SMARTS) is 1. The molecule has 0 spiro atoms. The Kier molecular flexibility index (Phi) is 3.83. The van der Waals surface area contributed by atoms with Crippen molar-refractivity contribution in [2.75, 3.05) is 6.54 Å². The van der Waals surface area contributed by atoms with Crippen LogP contribution in [-0.4, -0.2) is 39.0 Å². The van der Waals surface area contributed by atoms with Crippen LogP contribution in [0.1, 0.15) is 31.1 Å². The molecular formula is C12H16N2O3. The number of hydrogen-bond donors (Lipinski definition) is 1. The zero-order valence-corrected chi connectivity index (χ0v) is 10.2. The van der Waals surface area contributed by atoms with Crippen LogP contribution in [0.25, 0.3) is 0 Å². The van der Waals surface area contributed by atoms with Crippen LogP contribution in [0, 0.1) is 0 Å². The van der Waals surface area contributed by atoms with Gasteiger partial charge in [-0.1, -0.05) is 0 Å². The molecule has 1 amide bonds. The van der Waals surface area contributed by atoms with Crippen molar-refractivity contribution in [1.29, 1.82) is 0 Å². The number of rotatable bonds is 3. The van der Waals surface area contributed by atoms with E-state index in [1.54, 1.807) is 39.1 Å². The van der Waals surface area contributed by atoms with E-state index in [-0.39, 0.29) is 12.5 Å². The fourth-order valence-corrected chi connectivity index (χ4v) is 1.39. The molecule has 92 valence electrons. The maximum absolute atomic E-state index is 12.1. The first-order valence-corrected chi connectivity index (χ1v) is 5.26. The van der Waals surface area contributed by atoms with Gasteiger partial charge in [0.1, 0.15) is 6.54 Å². The fraction of sp³-hybridized carbons (Fsp3) is 0.417. The van der Waals surface area contributed by atoms with Gasteiger partial charge in [-0.2, -0.15) is 0 Å². The third kappa shape index (κ3) is 3.55. The molecule has 0 aromatic carbocycles. The molecule has 0 saturated carbocycles. The zero-order valence-electron chi connectivity index (χ0n) is 10.2. The highest BCUT2D eigenvalue weighted by atomic mass is 16.4. The molecule has 0 radical (unpaired) electrons. The monoisotopic (exact) mass is 236 g/mol. The number of aromatic nitrogens is 1. The van der Waals surface area contributed by atoms with Gasteiger partial charge in [0.15, 0.2) is 0 Å². The Hall–Kier alpha value is -1.91. The van der Waals surface area contributed by atoms with E-state index in [0.29, 0.717) is 5.56 Å². The first-order chi connectivity index (χ1) is 7.82. The molecule has 0 saturated heterocycles. The molecule has 1 aromatic heterocycles. The smallest absolute Gasteiger partial charge is 0.323 e. The van der Waals surface area contributed by atoms with Gasteiger partial charge in [-0.3, -0.25) is 14.6 Å². The normalized spacial score (nSPS) is 11.0. The molecule has 0 aliphatic rings. The second-order valence-corrected chi connectivity index (χ2v) is 4.70. The second-order valence-electron chi connectivity index (χ2n) is 4.70. The van der Waals surface area contributed by atoms with Gasteiger partial charge in [-0.05, 0) is 32.9 Å². The van der Waals surface area contributed by atoms with Gasteiger partial charge < -0.3 is 10.0 Å². The first kappa shape index (κ1) is 13.2. The molecule has 1 rings (SSSR count). The number of amides is 1. The van der Waals surface area contributed by atoms with E-state index < -0.39 is 11.5 Å². The minimum absolute atomic E-state index is 0.322. The van der Waals surface area contributed by atoms with Crippen LogP contribution >= 0.6 is 0 Å². The molecule has 0 fully saturated rings. The SMILES string of the molecule is CC(C)(C)N(CC(=O)O)C(=O)c1cccnc1. The lowest BCUT2D eigenvalue weighted by molar-refractivity contribution is -0.138. The van der Waals surface area contributed by atoms with Gasteiger partial charge in [-0.25, -0.2) is 0 Å². The highest BCUT2D eigenvalue weighted by Gasteiger charge is 2.29. The summed E-state index contributed by atoms with van der Waals surface area (Å²) in [6.45, 7) is 5.07. The van der Waals surface area contributed by atoms with Gasteiger partial charge in [0.25, 0.3) is 5.91 Å². The van der Waals surface area contributed by atoms with Crippen molar-refractivity contribution < 1.29 is 14.7 Å². The predicted octanol–water partition coefficient (Wildman–Crippen LogP) is 1.41. The molecule has 0 atom stereocenters. The maximum atomic E-state index is 12.1. The zero-order chi connectivity index (χ0) is 13.1. The maximum Gasteiger partial charge on any atom is 0.323 e. The van der Waals surface area contributed by atoms with Crippen LogP contribution in [0.3, 0.4) is 0 Å². The van der Waals surface area contributed by atoms with Crippen LogP contribution in [0.5, 0.6) is 0 Å². The largest absolute Gasteiger partial charge is 0.480 e. The van der Waals surface area contributed by atoms with E-state index in [0.717, 1.165) is 0 Å². The summed E-state index contributed by atoms with van der Waals surface area (Å²) >= 11 is 0. The van der Waals surface area contributed by atoms with Gasteiger partial charge in [-0.15, -0.1) is 0 Å². The molecule has 17 heavy (non-hydrogen) atoms. The summed E-state index contributed by atoms with van der Waals surface area (Å²) in [7, 11) is 0. The van der Waals surface area contributed by atoms with Gasteiger partial charge >= 0.3 is 5.97 Å². The lowest BCUT2D eigenvalue weighted by Crippen LogP contribution is -2.48. The lowest BCUT2D eigenvalue weighted by Gasteiger charge is -2.34. The Labute approximate surface area is 100 Å². The molecule has 1 heterocycles. The van der Waals surface area contributed by atoms with E-state index in [9.17, 15) is 9.59 Å². The molecule has 0 aliphatic heterocycles. The summed E-state index contributed by atoms with van der Waals surface area (Å²) in [4.78, 5) is 28.1. The first-order valence-electron chi connectivity index (χ1n) is 5.26. The van der Waals surface area contributed by atoms with Crippen LogP contribution < -0.4 is 0 Å². The number of pyridine rings is 1. The van der Waals surface area contributed by atoms with Crippen molar-refractivity contribution in [2.24, 2.45) is 0 Å². The molecule has 0 unspecified atom stereocenters. The average Bonchev–Trinajstić information content (AvgIpc) is 2.24. The van der Waals surface area contributed by atoms with Crippen molar-refractivity contribution in [1.82, 2.24) is 9.88 Å². The van der Waals surface area contributed by atoms with Crippen molar-refractivity contribution in [3.63, 3.8) is 0 Å². The van der Waals surface area contributed by atoms with Crippen LogP contribution in [0.4, 0.5) is 0 Å². The number of aliphatic carboxylic acids is 1. The number of nitrogens with zero attached hydrogens (tertiary/aromatic N) is 2. The highest BCUT2D eigenvalue weighted by molar-refractivity contribution is 5.96. The van der Waals surface area contributed by atoms with Gasteiger partial charge in [0.2, 0.25) is 0 Å². The fourth-order valence-electron chi connectivity index (χ4n) is 1.39. The molecule has 1 N–H and O–H groups in total. The van der Waals surface area contributed by atoms with E-state index in [4.69, 9.17) is 5.11 Å². The molecule has 0 aliphatic carbocycles. The van der Waals surface area contributed by atoms with Crippen molar-refractivity contribution in [3.8, 4) is 0 Å². The Morgan fingerprint density at radius 3 is 2.47 bits per heavy atom. The predicted molar refractivity (Wildman–Crippen MR) is 62.7 cm³/mol.